The highest BCUT2D eigenvalue weighted by molar-refractivity contribution is 7.16. The van der Waals surface area contributed by atoms with Crippen molar-refractivity contribution >= 4 is 16.3 Å². The fraction of sp³-hybridized carbons (Fsp3) is 0.571. The molecule has 1 aliphatic carbocycles. The van der Waals surface area contributed by atoms with E-state index in [0.29, 0.717) is 0 Å². The predicted octanol–water partition coefficient (Wildman–Crippen LogP) is 0.438. The van der Waals surface area contributed by atoms with Crippen LogP contribution in [0.2, 0.25) is 0 Å². The Morgan fingerprint density at radius 2 is 2.54 bits per heavy atom. The lowest BCUT2D eigenvalue weighted by atomic mass is 10.6. The molecule has 1 saturated carbocycles. The molecular formula is C7H9N5S. The van der Waals surface area contributed by atoms with Crippen LogP contribution in [0, 0.1) is 0 Å². The summed E-state index contributed by atoms with van der Waals surface area (Å²) in [7, 11) is 0. The van der Waals surface area contributed by atoms with E-state index in [1.54, 1.807) is 22.2 Å². The zero-order valence-electron chi connectivity index (χ0n) is 6.97. The first kappa shape index (κ1) is 7.40. The predicted molar refractivity (Wildman–Crippen MR) is 48.5 cm³/mol. The Morgan fingerprint density at radius 3 is 3.31 bits per heavy atom. The second kappa shape index (κ2) is 2.74. The van der Waals surface area contributed by atoms with Crippen molar-refractivity contribution in [1.29, 1.82) is 0 Å². The van der Waals surface area contributed by atoms with Crippen molar-refractivity contribution in [2.45, 2.75) is 25.4 Å². The Bertz CT molecular complexity index is 387. The second-order valence-corrected chi connectivity index (χ2v) is 4.25. The van der Waals surface area contributed by atoms with Gasteiger partial charge in [0.25, 0.3) is 0 Å². The Labute approximate surface area is 78.8 Å². The first-order valence-corrected chi connectivity index (χ1v) is 5.12. The van der Waals surface area contributed by atoms with Gasteiger partial charge in [-0.05, 0) is 12.8 Å². The van der Waals surface area contributed by atoms with Gasteiger partial charge in [-0.1, -0.05) is 11.3 Å². The van der Waals surface area contributed by atoms with Crippen LogP contribution in [0.15, 0.2) is 6.33 Å². The Kier molecular flexibility index (Phi) is 1.56. The van der Waals surface area contributed by atoms with E-state index in [-0.39, 0.29) is 0 Å². The van der Waals surface area contributed by atoms with Gasteiger partial charge < -0.3 is 5.32 Å². The summed E-state index contributed by atoms with van der Waals surface area (Å²) < 4.78 is 1.72. The average Bonchev–Trinajstić information content (AvgIpc) is 2.71. The lowest BCUT2D eigenvalue weighted by molar-refractivity contribution is 0.674. The fourth-order valence-electron chi connectivity index (χ4n) is 1.19. The number of fused-ring (bicyclic) bond motifs is 1. The third-order valence-corrected chi connectivity index (χ3v) is 2.96. The van der Waals surface area contributed by atoms with Crippen LogP contribution in [0.5, 0.6) is 0 Å². The zero-order chi connectivity index (χ0) is 8.67. The maximum atomic E-state index is 4.32. The molecule has 2 aromatic heterocycles. The van der Waals surface area contributed by atoms with Gasteiger partial charge in [0.05, 0.1) is 0 Å². The number of rotatable bonds is 3. The summed E-state index contributed by atoms with van der Waals surface area (Å²) in [6, 6.07) is 0.731. The summed E-state index contributed by atoms with van der Waals surface area (Å²) >= 11 is 1.59. The molecule has 0 radical (unpaired) electrons. The molecule has 1 N–H and O–H groups in total. The van der Waals surface area contributed by atoms with Gasteiger partial charge in [-0.25, -0.2) is 0 Å². The molecule has 0 bridgehead atoms. The lowest BCUT2D eigenvalue weighted by Crippen LogP contribution is -2.15. The molecule has 3 rings (SSSR count). The molecule has 1 fully saturated rings. The third-order valence-electron chi connectivity index (χ3n) is 2.05. The Balaban J connectivity index is 1.77. The van der Waals surface area contributed by atoms with Crippen molar-refractivity contribution in [2.75, 3.05) is 0 Å². The van der Waals surface area contributed by atoms with Crippen LogP contribution < -0.4 is 5.32 Å². The minimum absolute atomic E-state index is 0.731. The fourth-order valence-corrected chi connectivity index (χ4v) is 1.96. The van der Waals surface area contributed by atoms with E-state index in [1.165, 1.54) is 12.8 Å². The maximum absolute atomic E-state index is 4.32. The van der Waals surface area contributed by atoms with E-state index in [1.807, 2.05) is 0 Å². The molecule has 68 valence electrons. The first-order chi connectivity index (χ1) is 6.42. The Morgan fingerprint density at radius 1 is 1.62 bits per heavy atom. The molecule has 0 aliphatic heterocycles. The highest BCUT2D eigenvalue weighted by atomic mass is 32.1. The molecule has 2 aromatic rings. The molecule has 13 heavy (non-hydrogen) atoms. The standard InChI is InChI=1S/C7H9N5S/c1-2-5(1)8-3-6-11-12-4-9-10-7(12)13-6/h4-5,8H,1-3H2. The van der Waals surface area contributed by atoms with Crippen molar-refractivity contribution < 1.29 is 0 Å². The summed E-state index contributed by atoms with van der Waals surface area (Å²) in [5.74, 6) is 0. The summed E-state index contributed by atoms with van der Waals surface area (Å²) in [6.07, 6.45) is 4.25. The molecule has 0 atom stereocenters. The summed E-state index contributed by atoms with van der Waals surface area (Å²) in [6.45, 7) is 0.860. The van der Waals surface area contributed by atoms with E-state index in [0.717, 1.165) is 22.6 Å². The Hall–Kier alpha value is -1.01. The van der Waals surface area contributed by atoms with Gasteiger partial charge in [0, 0.05) is 12.6 Å². The van der Waals surface area contributed by atoms with Crippen LogP contribution in [-0.4, -0.2) is 25.9 Å². The third kappa shape index (κ3) is 1.42. The highest BCUT2D eigenvalue weighted by Crippen LogP contribution is 2.20. The van der Waals surface area contributed by atoms with Crippen LogP contribution in [0.1, 0.15) is 17.8 Å². The molecule has 2 heterocycles. The molecule has 0 amide bonds. The second-order valence-electron chi connectivity index (χ2n) is 3.21. The summed E-state index contributed by atoms with van der Waals surface area (Å²) in [5, 5.41) is 16.5. The average molecular weight is 195 g/mol. The molecule has 5 nitrogen and oxygen atoms in total. The van der Waals surface area contributed by atoms with E-state index in [2.05, 4.69) is 20.6 Å². The molecule has 0 saturated heterocycles. The van der Waals surface area contributed by atoms with Crippen LogP contribution in [0.25, 0.3) is 4.96 Å². The maximum Gasteiger partial charge on any atom is 0.234 e. The van der Waals surface area contributed by atoms with Gasteiger partial charge in [0.2, 0.25) is 4.96 Å². The van der Waals surface area contributed by atoms with E-state index in [4.69, 9.17) is 0 Å². The number of nitrogens with zero attached hydrogens (tertiary/aromatic N) is 4. The van der Waals surface area contributed by atoms with E-state index >= 15 is 0 Å². The largest absolute Gasteiger partial charge is 0.308 e. The summed E-state index contributed by atoms with van der Waals surface area (Å²) in [4.78, 5) is 0.868. The molecule has 6 heteroatoms. The normalized spacial score (nSPS) is 16.9. The molecule has 1 aliphatic rings. The van der Waals surface area contributed by atoms with Gasteiger partial charge in [-0.2, -0.15) is 9.61 Å². The van der Waals surface area contributed by atoms with Crippen LogP contribution in [0.4, 0.5) is 0 Å². The zero-order valence-corrected chi connectivity index (χ0v) is 7.79. The van der Waals surface area contributed by atoms with Gasteiger partial charge in [-0.3, -0.25) is 0 Å². The van der Waals surface area contributed by atoms with Crippen LogP contribution in [-0.2, 0) is 6.54 Å². The quantitative estimate of drug-likeness (QED) is 0.772. The van der Waals surface area contributed by atoms with Crippen LogP contribution >= 0.6 is 11.3 Å². The van der Waals surface area contributed by atoms with E-state index < -0.39 is 0 Å². The van der Waals surface area contributed by atoms with Crippen molar-refractivity contribution in [3.63, 3.8) is 0 Å². The number of hydrogen-bond acceptors (Lipinski definition) is 5. The van der Waals surface area contributed by atoms with Crippen LogP contribution in [0.3, 0.4) is 0 Å². The van der Waals surface area contributed by atoms with E-state index in [9.17, 15) is 0 Å². The summed E-state index contributed by atoms with van der Waals surface area (Å²) in [5.41, 5.74) is 0. The molecule has 0 aromatic carbocycles. The number of nitrogens with one attached hydrogen (secondary N) is 1. The molecule has 0 spiro atoms. The van der Waals surface area contributed by atoms with Crippen molar-refractivity contribution in [3.05, 3.63) is 11.3 Å². The minimum Gasteiger partial charge on any atom is -0.308 e. The number of aromatic nitrogens is 4. The van der Waals surface area contributed by atoms with Gasteiger partial charge in [0.15, 0.2) is 0 Å². The van der Waals surface area contributed by atoms with Crippen molar-refractivity contribution in [3.8, 4) is 0 Å². The van der Waals surface area contributed by atoms with Gasteiger partial charge in [-0.15, -0.1) is 10.2 Å². The van der Waals surface area contributed by atoms with Gasteiger partial charge >= 0.3 is 0 Å². The monoisotopic (exact) mass is 195 g/mol. The molecule has 0 unspecified atom stereocenters. The smallest absolute Gasteiger partial charge is 0.234 e. The highest BCUT2D eigenvalue weighted by Gasteiger charge is 2.20. The topological polar surface area (TPSA) is 55.1 Å². The SMILES string of the molecule is c1nnc2sc(CNC3CC3)nn12. The van der Waals surface area contributed by atoms with Crippen molar-refractivity contribution in [1.82, 2.24) is 25.1 Å². The molecular weight excluding hydrogens is 186 g/mol. The number of hydrogen-bond donors (Lipinski definition) is 1. The van der Waals surface area contributed by atoms with Gasteiger partial charge in [0.1, 0.15) is 11.3 Å². The lowest BCUT2D eigenvalue weighted by Gasteiger charge is -1.95. The van der Waals surface area contributed by atoms with Crippen molar-refractivity contribution in [2.24, 2.45) is 0 Å². The minimum atomic E-state index is 0.731. The first-order valence-electron chi connectivity index (χ1n) is 4.31.